The minimum atomic E-state index is -0.304. The van der Waals surface area contributed by atoms with E-state index in [1.807, 2.05) is 17.0 Å². The molecule has 2 aromatic rings. The van der Waals surface area contributed by atoms with Crippen molar-refractivity contribution in [1.82, 2.24) is 10.2 Å². The third-order valence-corrected chi connectivity index (χ3v) is 6.85. The Hall–Kier alpha value is -3.13. The summed E-state index contributed by atoms with van der Waals surface area (Å²) >= 11 is 0. The predicted molar refractivity (Wildman–Crippen MR) is 124 cm³/mol. The number of methoxy groups -OCH3 is 2. The van der Waals surface area contributed by atoms with Gasteiger partial charge < -0.3 is 24.4 Å². The summed E-state index contributed by atoms with van der Waals surface area (Å²) in [6.07, 6.45) is 2.96. The molecular weight excluding hydrogens is 439 g/mol. The van der Waals surface area contributed by atoms with Gasteiger partial charge in [0.1, 0.15) is 11.9 Å². The van der Waals surface area contributed by atoms with E-state index < -0.39 is 0 Å². The van der Waals surface area contributed by atoms with Gasteiger partial charge in [-0.2, -0.15) is 0 Å². The molecule has 34 heavy (non-hydrogen) atoms. The van der Waals surface area contributed by atoms with E-state index in [9.17, 15) is 14.0 Å². The number of fused-ring (bicyclic) bond motifs is 1. The van der Waals surface area contributed by atoms with Crippen molar-refractivity contribution < 1.29 is 28.2 Å². The molecule has 0 spiro atoms. The van der Waals surface area contributed by atoms with E-state index in [2.05, 4.69) is 5.32 Å². The number of nitrogens with one attached hydrogen (secondary N) is 1. The molecule has 182 valence electrons. The largest absolute Gasteiger partial charge is 0.493 e. The molecule has 0 aromatic heterocycles. The second-order valence-corrected chi connectivity index (χ2v) is 8.78. The van der Waals surface area contributed by atoms with Gasteiger partial charge in [0.05, 0.1) is 26.7 Å². The van der Waals surface area contributed by atoms with Crippen LogP contribution in [-0.4, -0.2) is 57.2 Å². The van der Waals surface area contributed by atoms with Crippen molar-refractivity contribution in [2.75, 3.05) is 33.9 Å². The summed E-state index contributed by atoms with van der Waals surface area (Å²) in [6, 6.07) is 9.91. The second-order valence-electron chi connectivity index (χ2n) is 8.78. The average molecular weight is 471 g/mol. The van der Waals surface area contributed by atoms with Gasteiger partial charge in [0, 0.05) is 31.6 Å². The van der Waals surface area contributed by atoms with Crippen LogP contribution in [0.25, 0.3) is 0 Å². The van der Waals surface area contributed by atoms with Crippen LogP contribution in [0.1, 0.15) is 35.6 Å². The van der Waals surface area contributed by atoms with E-state index in [0.717, 1.165) is 29.5 Å². The fourth-order valence-electron chi connectivity index (χ4n) is 5.05. The van der Waals surface area contributed by atoms with Gasteiger partial charge >= 0.3 is 0 Å². The summed E-state index contributed by atoms with van der Waals surface area (Å²) in [7, 11) is 3.25. The fraction of sp³-hybridized carbons (Fsp3) is 0.462. The van der Waals surface area contributed by atoms with Gasteiger partial charge in [0.15, 0.2) is 11.5 Å². The molecule has 0 radical (unpaired) electrons. The summed E-state index contributed by atoms with van der Waals surface area (Å²) < 4.78 is 30.8. The highest BCUT2D eigenvalue weighted by Gasteiger charge is 2.37. The maximum atomic E-state index is 13.1. The Labute approximate surface area is 199 Å². The molecule has 1 N–H and O–H groups in total. The predicted octanol–water partition coefficient (Wildman–Crippen LogP) is 3.05. The molecule has 1 saturated heterocycles. The highest BCUT2D eigenvalue weighted by Crippen LogP contribution is 2.43. The lowest BCUT2D eigenvalue weighted by atomic mass is 9.83. The number of carbonyl (C=O) groups excluding carboxylic acids is 2. The zero-order valence-electron chi connectivity index (χ0n) is 19.6. The normalized spacial score (nSPS) is 20.4. The van der Waals surface area contributed by atoms with Crippen LogP contribution < -0.4 is 14.8 Å². The van der Waals surface area contributed by atoms with Crippen molar-refractivity contribution in [1.29, 1.82) is 0 Å². The zero-order chi connectivity index (χ0) is 24.1. The first-order valence-corrected chi connectivity index (χ1v) is 11.6. The summed E-state index contributed by atoms with van der Waals surface area (Å²) in [6.45, 7) is 1.69. The van der Waals surface area contributed by atoms with Crippen LogP contribution in [0, 0.1) is 11.7 Å². The standard InChI is InChI=1S/C26H31FN2O5/c1-32-22-8-7-20-21(26(22)33-2)14-23(34-24(20)15-28-16-30)18-9-11-29(12-10-18)25(31)13-17-3-5-19(27)6-4-17/h3-8,16,18,23-24H,9-15H2,1-2H3,(H,28,30)/t23-,24-/m1/s1. The summed E-state index contributed by atoms with van der Waals surface area (Å²) in [5.74, 6) is 1.40. The zero-order valence-corrected chi connectivity index (χ0v) is 19.6. The molecule has 2 aliphatic rings. The SMILES string of the molecule is COc1ccc2c(c1OC)C[C@H](C1CCN(C(=O)Cc3ccc(F)cc3)CC1)O[C@@H]2CNC=O. The summed E-state index contributed by atoms with van der Waals surface area (Å²) in [4.78, 5) is 25.6. The Morgan fingerprint density at radius 1 is 1.15 bits per heavy atom. The van der Waals surface area contributed by atoms with Crippen molar-refractivity contribution in [2.45, 2.75) is 37.9 Å². The van der Waals surface area contributed by atoms with Crippen LogP contribution in [0.2, 0.25) is 0 Å². The molecule has 0 saturated carbocycles. The fourth-order valence-corrected chi connectivity index (χ4v) is 5.05. The summed E-state index contributed by atoms with van der Waals surface area (Å²) in [5, 5.41) is 2.74. The number of ether oxygens (including phenoxy) is 3. The van der Waals surface area contributed by atoms with Gasteiger partial charge in [-0.15, -0.1) is 0 Å². The van der Waals surface area contributed by atoms with Crippen LogP contribution in [0.5, 0.6) is 11.5 Å². The van der Waals surface area contributed by atoms with E-state index in [1.165, 1.54) is 12.1 Å². The number of piperidine rings is 1. The lowest BCUT2D eigenvalue weighted by molar-refractivity contribution is -0.133. The van der Waals surface area contributed by atoms with Crippen molar-refractivity contribution >= 4 is 12.3 Å². The molecule has 7 nitrogen and oxygen atoms in total. The second kappa shape index (κ2) is 10.9. The molecule has 0 unspecified atom stereocenters. The third kappa shape index (κ3) is 5.17. The number of likely N-dealkylation sites (tertiary alicyclic amines) is 1. The lowest BCUT2D eigenvalue weighted by Crippen LogP contribution is -2.44. The third-order valence-electron chi connectivity index (χ3n) is 6.85. The molecule has 0 bridgehead atoms. The molecule has 0 aliphatic carbocycles. The smallest absolute Gasteiger partial charge is 0.226 e. The summed E-state index contributed by atoms with van der Waals surface area (Å²) in [5.41, 5.74) is 2.85. The van der Waals surface area contributed by atoms with E-state index in [0.29, 0.717) is 44.0 Å². The number of hydrogen-bond acceptors (Lipinski definition) is 5. The Kier molecular flexibility index (Phi) is 7.67. The van der Waals surface area contributed by atoms with Crippen molar-refractivity contribution in [3.63, 3.8) is 0 Å². The molecule has 1 fully saturated rings. The number of carbonyl (C=O) groups is 2. The van der Waals surface area contributed by atoms with Crippen molar-refractivity contribution in [3.8, 4) is 11.5 Å². The van der Waals surface area contributed by atoms with Crippen LogP contribution in [-0.2, 0) is 27.2 Å². The van der Waals surface area contributed by atoms with Crippen LogP contribution >= 0.6 is 0 Å². The highest BCUT2D eigenvalue weighted by molar-refractivity contribution is 5.78. The van der Waals surface area contributed by atoms with E-state index in [4.69, 9.17) is 14.2 Å². The van der Waals surface area contributed by atoms with E-state index >= 15 is 0 Å². The first kappa shape index (κ1) is 24.0. The van der Waals surface area contributed by atoms with Gasteiger partial charge in [0.2, 0.25) is 12.3 Å². The maximum absolute atomic E-state index is 13.1. The van der Waals surface area contributed by atoms with Gasteiger partial charge in [-0.3, -0.25) is 9.59 Å². The monoisotopic (exact) mass is 470 g/mol. The average Bonchev–Trinajstić information content (AvgIpc) is 2.87. The van der Waals surface area contributed by atoms with Gasteiger partial charge in [-0.05, 0) is 48.1 Å². The van der Waals surface area contributed by atoms with Crippen LogP contribution in [0.4, 0.5) is 4.39 Å². The number of halogens is 1. The van der Waals surface area contributed by atoms with E-state index in [1.54, 1.807) is 26.4 Å². The van der Waals surface area contributed by atoms with Gasteiger partial charge in [0.25, 0.3) is 0 Å². The molecule has 8 heteroatoms. The van der Waals surface area contributed by atoms with Crippen molar-refractivity contribution in [2.24, 2.45) is 5.92 Å². The van der Waals surface area contributed by atoms with Crippen LogP contribution in [0.15, 0.2) is 36.4 Å². The Balaban J connectivity index is 1.44. The molecule has 2 aromatic carbocycles. The lowest BCUT2D eigenvalue weighted by Gasteiger charge is -2.41. The molecule has 4 rings (SSSR count). The van der Waals surface area contributed by atoms with E-state index in [-0.39, 0.29) is 36.3 Å². The Morgan fingerprint density at radius 2 is 1.88 bits per heavy atom. The number of hydrogen-bond donors (Lipinski definition) is 1. The van der Waals surface area contributed by atoms with Gasteiger partial charge in [-0.25, -0.2) is 4.39 Å². The Bertz CT molecular complexity index is 1000. The number of nitrogens with zero attached hydrogens (tertiary/aromatic N) is 1. The molecular formula is C26H31FN2O5. The Morgan fingerprint density at radius 3 is 2.53 bits per heavy atom. The van der Waals surface area contributed by atoms with Crippen molar-refractivity contribution in [3.05, 3.63) is 58.9 Å². The molecule has 2 aliphatic heterocycles. The van der Waals surface area contributed by atoms with Gasteiger partial charge in [-0.1, -0.05) is 18.2 Å². The first-order chi connectivity index (χ1) is 16.5. The molecule has 2 amide bonds. The minimum absolute atomic E-state index is 0.0543. The highest BCUT2D eigenvalue weighted by atomic mass is 19.1. The molecule has 2 atom stereocenters. The first-order valence-electron chi connectivity index (χ1n) is 11.6. The minimum Gasteiger partial charge on any atom is -0.493 e. The number of benzene rings is 2. The topological polar surface area (TPSA) is 77.1 Å². The number of amides is 2. The number of rotatable bonds is 8. The van der Waals surface area contributed by atoms with Crippen LogP contribution in [0.3, 0.4) is 0 Å². The maximum Gasteiger partial charge on any atom is 0.226 e. The molecule has 2 heterocycles. The quantitative estimate of drug-likeness (QED) is 0.600.